The van der Waals surface area contributed by atoms with Crippen molar-refractivity contribution in [3.8, 4) is 0 Å². The van der Waals surface area contributed by atoms with Gasteiger partial charge in [0.25, 0.3) is 0 Å². The van der Waals surface area contributed by atoms with Crippen molar-refractivity contribution in [2.75, 3.05) is 39.0 Å². The number of likely N-dealkylation sites (tertiary alicyclic amines) is 2. The Morgan fingerprint density at radius 1 is 0.974 bits per heavy atom. The van der Waals surface area contributed by atoms with Crippen LogP contribution in [-0.2, 0) is 26.0 Å². The number of Topliss-reactive ketones (excluding diaryl/α,β-unsaturated/α-hetero) is 1. The molecule has 3 saturated heterocycles. The summed E-state index contributed by atoms with van der Waals surface area (Å²) in [6.45, 7) is 4.55. The van der Waals surface area contributed by atoms with Gasteiger partial charge in [-0.1, -0.05) is 42.5 Å². The van der Waals surface area contributed by atoms with Crippen LogP contribution in [0.25, 0.3) is 0 Å². The second-order valence-corrected chi connectivity index (χ2v) is 14.2. The number of ketones is 1. The first-order chi connectivity index (χ1) is 18.7. The molecular weight excluding hydrogens is 510 g/mol. The Morgan fingerprint density at radius 3 is 2.28 bits per heavy atom. The second kappa shape index (κ2) is 10.5. The fraction of sp³-hybridized carbons (Fsp3) is 0.548. The molecule has 6 rings (SSSR count). The molecule has 8 heteroatoms. The van der Waals surface area contributed by atoms with Gasteiger partial charge in [0.05, 0.1) is 16.4 Å². The molecule has 1 N–H and O–H groups in total. The molecular formula is C31H39N3O4S. The van der Waals surface area contributed by atoms with E-state index in [0.717, 1.165) is 70.4 Å². The summed E-state index contributed by atoms with van der Waals surface area (Å²) >= 11 is 0. The Labute approximate surface area is 231 Å². The van der Waals surface area contributed by atoms with E-state index in [1.165, 1.54) is 11.8 Å². The minimum atomic E-state index is -3.24. The molecule has 1 aliphatic carbocycles. The number of hydrogen-bond acceptors (Lipinski definition) is 6. The summed E-state index contributed by atoms with van der Waals surface area (Å²) in [5.74, 6) is 1.41. The Hall–Kier alpha value is -2.55. The number of benzene rings is 2. The maximum absolute atomic E-state index is 13.7. The van der Waals surface area contributed by atoms with Gasteiger partial charge >= 0.3 is 0 Å². The molecule has 3 heterocycles. The molecule has 1 amide bonds. The van der Waals surface area contributed by atoms with Crippen LogP contribution >= 0.6 is 0 Å². The van der Waals surface area contributed by atoms with Gasteiger partial charge in [-0.05, 0) is 68.5 Å². The van der Waals surface area contributed by atoms with Gasteiger partial charge in [0, 0.05) is 50.2 Å². The molecule has 1 saturated carbocycles. The first-order valence-corrected chi connectivity index (χ1v) is 16.3. The standard InChI is InChI=1S/C31H39N3O4S/c1-39(37,38)25-11-7-22(8-12-25)21-34-18-15-31(30(34)36)13-16-33(17-14-31)28(29(35)24-9-10-24)27-20-32-19-26(27)23-5-3-2-4-6-23/h2-8,11-12,24,26-28,32H,9-10,13-21H2,1H3/t26-,27-,28?/m1/s1. The normalized spacial score (nSPS) is 26.3. The summed E-state index contributed by atoms with van der Waals surface area (Å²) in [6.07, 6.45) is 5.67. The van der Waals surface area contributed by atoms with Crippen molar-refractivity contribution >= 4 is 21.5 Å². The highest BCUT2D eigenvalue weighted by Gasteiger charge is 2.52. The number of sulfone groups is 1. The maximum atomic E-state index is 13.7. The van der Waals surface area contributed by atoms with Gasteiger partial charge in [0.15, 0.2) is 15.6 Å². The highest BCUT2D eigenvalue weighted by atomic mass is 32.2. The average molecular weight is 550 g/mol. The Kier molecular flexibility index (Phi) is 7.14. The fourth-order valence-electron chi connectivity index (χ4n) is 7.17. The van der Waals surface area contributed by atoms with E-state index in [2.05, 4.69) is 34.5 Å². The van der Waals surface area contributed by atoms with Crippen LogP contribution < -0.4 is 5.32 Å². The van der Waals surface area contributed by atoms with Crippen molar-refractivity contribution in [1.82, 2.24) is 15.1 Å². The third kappa shape index (κ3) is 5.31. The molecule has 7 nitrogen and oxygen atoms in total. The van der Waals surface area contributed by atoms with Gasteiger partial charge < -0.3 is 10.2 Å². The fourth-order valence-corrected chi connectivity index (χ4v) is 7.80. The van der Waals surface area contributed by atoms with E-state index in [4.69, 9.17) is 0 Å². The van der Waals surface area contributed by atoms with Crippen LogP contribution in [-0.4, -0.2) is 74.9 Å². The molecule has 4 aliphatic rings. The molecule has 3 aliphatic heterocycles. The van der Waals surface area contributed by atoms with E-state index >= 15 is 0 Å². The van der Waals surface area contributed by atoms with Crippen LogP contribution in [0.4, 0.5) is 0 Å². The van der Waals surface area contributed by atoms with Crippen molar-refractivity contribution < 1.29 is 18.0 Å². The summed E-state index contributed by atoms with van der Waals surface area (Å²) in [5.41, 5.74) is 1.91. The topological polar surface area (TPSA) is 86.8 Å². The first-order valence-electron chi connectivity index (χ1n) is 14.4. The zero-order valence-electron chi connectivity index (χ0n) is 22.7. The zero-order valence-corrected chi connectivity index (χ0v) is 23.5. The van der Waals surface area contributed by atoms with Gasteiger partial charge in [-0.3, -0.25) is 14.5 Å². The molecule has 2 aromatic rings. The summed E-state index contributed by atoms with van der Waals surface area (Å²) in [6, 6.07) is 17.4. The predicted molar refractivity (Wildman–Crippen MR) is 150 cm³/mol. The van der Waals surface area contributed by atoms with Gasteiger partial charge in [-0.15, -0.1) is 0 Å². The quantitative estimate of drug-likeness (QED) is 0.544. The van der Waals surface area contributed by atoms with Crippen molar-refractivity contribution in [2.24, 2.45) is 17.3 Å². The van der Waals surface area contributed by atoms with Gasteiger partial charge in [0.1, 0.15) is 0 Å². The average Bonchev–Trinajstić information content (AvgIpc) is 3.62. The number of amides is 1. The highest BCUT2D eigenvalue weighted by Crippen LogP contribution is 2.45. The number of piperidine rings is 1. The van der Waals surface area contributed by atoms with Crippen molar-refractivity contribution in [2.45, 2.75) is 55.5 Å². The van der Waals surface area contributed by atoms with Crippen LogP contribution in [0.2, 0.25) is 0 Å². The lowest BCUT2D eigenvalue weighted by molar-refractivity contribution is -0.140. The molecule has 1 spiro atoms. The van der Waals surface area contributed by atoms with Crippen molar-refractivity contribution in [3.63, 3.8) is 0 Å². The van der Waals surface area contributed by atoms with E-state index in [1.807, 2.05) is 23.1 Å². The van der Waals surface area contributed by atoms with E-state index in [0.29, 0.717) is 23.1 Å². The number of carbonyl (C=O) groups is 2. The Bertz CT molecular complexity index is 1320. The van der Waals surface area contributed by atoms with E-state index in [9.17, 15) is 18.0 Å². The smallest absolute Gasteiger partial charge is 0.229 e. The SMILES string of the molecule is CS(=O)(=O)c1ccc(CN2CCC3(CCN(C(C(=O)C4CC4)[C@@H]4CNC[C@@H]4c4ccccc4)CC3)C2=O)cc1. The Morgan fingerprint density at radius 2 is 1.64 bits per heavy atom. The van der Waals surface area contributed by atoms with Crippen molar-refractivity contribution in [1.29, 1.82) is 0 Å². The van der Waals surface area contributed by atoms with Crippen LogP contribution in [0.1, 0.15) is 49.1 Å². The van der Waals surface area contributed by atoms with Gasteiger partial charge in [0.2, 0.25) is 5.91 Å². The molecule has 0 radical (unpaired) electrons. The highest BCUT2D eigenvalue weighted by molar-refractivity contribution is 7.90. The number of nitrogens with zero attached hydrogens (tertiary/aromatic N) is 2. The summed E-state index contributed by atoms with van der Waals surface area (Å²) in [4.78, 5) is 32.0. The van der Waals surface area contributed by atoms with Crippen LogP contribution in [0, 0.1) is 17.3 Å². The molecule has 0 aromatic heterocycles. The number of hydrogen-bond donors (Lipinski definition) is 1. The van der Waals surface area contributed by atoms with Crippen LogP contribution in [0.5, 0.6) is 0 Å². The van der Waals surface area contributed by atoms with Crippen LogP contribution in [0.15, 0.2) is 59.5 Å². The summed E-state index contributed by atoms with van der Waals surface area (Å²) in [5, 5.41) is 3.58. The number of rotatable bonds is 8. The van der Waals surface area contributed by atoms with Gasteiger partial charge in [-0.2, -0.15) is 0 Å². The van der Waals surface area contributed by atoms with Gasteiger partial charge in [-0.25, -0.2) is 8.42 Å². The molecule has 39 heavy (non-hydrogen) atoms. The molecule has 208 valence electrons. The molecule has 4 fully saturated rings. The third-order valence-electron chi connectivity index (χ3n) is 9.64. The first kappa shape index (κ1) is 26.7. The van der Waals surface area contributed by atoms with E-state index in [1.54, 1.807) is 12.1 Å². The van der Waals surface area contributed by atoms with Crippen LogP contribution in [0.3, 0.4) is 0 Å². The van der Waals surface area contributed by atoms with E-state index in [-0.39, 0.29) is 29.2 Å². The summed E-state index contributed by atoms with van der Waals surface area (Å²) < 4.78 is 23.6. The third-order valence-corrected chi connectivity index (χ3v) is 10.8. The minimum absolute atomic E-state index is 0.0870. The monoisotopic (exact) mass is 549 g/mol. The molecule has 3 atom stereocenters. The van der Waals surface area contributed by atoms with E-state index < -0.39 is 9.84 Å². The zero-order chi connectivity index (χ0) is 27.2. The Balaban J connectivity index is 1.14. The number of nitrogens with one attached hydrogen (secondary N) is 1. The molecule has 2 aromatic carbocycles. The second-order valence-electron chi connectivity index (χ2n) is 12.2. The maximum Gasteiger partial charge on any atom is 0.229 e. The predicted octanol–water partition coefficient (Wildman–Crippen LogP) is 3.26. The molecule has 0 bridgehead atoms. The lowest BCUT2D eigenvalue weighted by atomic mass is 9.74. The summed E-state index contributed by atoms with van der Waals surface area (Å²) in [7, 11) is -3.24. The lowest BCUT2D eigenvalue weighted by Gasteiger charge is -2.44. The lowest BCUT2D eigenvalue weighted by Crippen LogP contribution is -2.54. The van der Waals surface area contributed by atoms with Crippen molar-refractivity contribution in [3.05, 3.63) is 65.7 Å². The molecule has 1 unspecified atom stereocenters. The largest absolute Gasteiger partial charge is 0.338 e. The minimum Gasteiger partial charge on any atom is -0.338 e. The number of carbonyl (C=O) groups excluding carboxylic acids is 2.